The lowest BCUT2D eigenvalue weighted by molar-refractivity contribution is -0.394. The molecule has 0 aliphatic heterocycles. The molecule has 0 radical (unpaired) electrons. The quantitative estimate of drug-likeness (QED) is 0.320. The van der Waals surface area contributed by atoms with Crippen LogP contribution in [0.1, 0.15) is 21.5 Å². The van der Waals surface area contributed by atoms with E-state index in [0.29, 0.717) is 27.6 Å². The summed E-state index contributed by atoms with van der Waals surface area (Å²) < 4.78 is 11.8. The Morgan fingerprint density at radius 2 is 2.00 bits per heavy atom. The Bertz CT molecular complexity index is 1150. The minimum atomic E-state index is -0.672. The van der Waals surface area contributed by atoms with Gasteiger partial charge in [0.25, 0.3) is 5.91 Å². The van der Waals surface area contributed by atoms with Crippen molar-refractivity contribution in [1.82, 2.24) is 20.2 Å². The number of aromatic nitrogens is 3. The molecule has 160 valence electrons. The van der Waals surface area contributed by atoms with E-state index in [2.05, 4.69) is 20.6 Å². The van der Waals surface area contributed by atoms with Crippen LogP contribution in [0.2, 0.25) is 5.02 Å². The summed E-state index contributed by atoms with van der Waals surface area (Å²) in [6, 6.07) is 9.88. The van der Waals surface area contributed by atoms with Crippen LogP contribution in [0.25, 0.3) is 0 Å². The normalized spacial score (nSPS) is 10.8. The number of hydrogen-bond donors (Lipinski definition) is 1. The fourth-order valence-corrected chi connectivity index (χ4v) is 2.88. The average Bonchev–Trinajstić information content (AvgIpc) is 3.23. The Morgan fingerprint density at radius 3 is 2.68 bits per heavy atom. The van der Waals surface area contributed by atoms with Gasteiger partial charge in [0.05, 0.1) is 32.5 Å². The lowest BCUT2D eigenvalue weighted by Crippen LogP contribution is -2.18. The van der Waals surface area contributed by atoms with E-state index in [1.807, 2.05) is 0 Å². The largest absolute Gasteiger partial charge is 0.496 e. The highest BCUT2D eigenvalue weighted by molar-refractivity contribution is 6.31. The highest BCUT2D eigenvalue weighted by atomic mass is 35.5. The van der Waals surface area contributed by atoms with E-state index in [1.165, 1.54) is 37.5 Å². The van der Waals surface area contributed by atoms with Crippen LogP contribution in [0, 0.1) is 10.1 Å². The summed E-state index contributed by atoms with van der Waals surface area (Å²) in [5.41, 5.74) is 4.01. The zero-order valence-electron chi connectivity index (χ0n) is 16.5. The number of benzene rings is 2. The molecule has 12 heteroatoms. The van der Waals surface area contributed by atoms with Crippen molar-refractivity contribution >= 4 is 29.7 Å². The van der Waals surface area contributed by atoms with Crippen LogP contribution < -0.4 is 14.9 Å². The topological polar surface area (TPSA) is 134 Å². The standard InChI is InChI=1S/C19H17ClN6O5/c1-30-16-5-3-12(7-13(16)10-25-11-21-19(24-25)26(28)29)9-22-23-18(27)15-8-14(20)4-6-17(15)31-2/h3-9,11H,10H2,1-2H3,(H,23,27)/b22-9-. The molecule has 0 saturated heterocycles. The van der Waals surface area contributed by atoms with Crippen molar-refractivity contribution in [3.8, 4) is 11.5 Å². The van der Waals surface area contributed by atoms with Gasteiger partial charge in [0.15, 0.2) is 0 Å². The summed E-state index contributed by atoms with van der Waals surface area (Å²) in [5.74, 6) is -0.0520. The van der Waals surface area contributed by atoms with Gasteiger partial charge in [-0.25, -0.2) is 5.43 Å². The van der Waals surface area contributed by atoms with Crippen LogP contribution >= 0.6 is 11.6 Å². The van der Waals surface area contributed by atoms with E-state index < -0.39 is 16.8 Å². The first-order chi connectivity index (χ1) is 14.9. The zero-order chi connectivity index (χ0) is 22.4. The maximum atomic E-state index is 12.4. The predicted molar refractivity (Wildman–Crippen MR) is 112 cm³/mol. The molecule has 0 spiro atoms. The molecule has 0 atom stereocenters. The van der Waals surface area contributed by atoms with Crippen molar-refractivity contribution in [2.24, 2.45) is 5.10 Å². The fraction of sp³-hybridized carbons (Fsp3) is 0.158. The highest BCUT2D eigenvalue weighted by Gasteiger charge is 2.15. The Hall–Kier alpha value is -3.99. The lowest BCUT2D eigenvalue weighted by atomic mass is 10.1. The number of halogens is 1. The van der Waals surface area contributed by atoms with E-state index in [0.717, 1.165) is 0 Å². The Kier molecular flexibility index (Phi) is 6.78. The number of carbonyl (C=O) groups excluding carboxylic acids is 1. The van der Waals surface area contributed by atoms with E-state index in [-0.39, 0.29) is 12.1 Å². The van der Waals surface area contributed by atoms with Gasteiger partial charge in [-0.05, 0) is 46.9 Å². The number of hydrazone groups is 1. The molecule has 0 fully saturated rings. The monoisotopic (exact) mass is 444 g/mol. The van der Waals surface area contributed by atoms with Crippen molar-refractivity contribution in [1.29, 1.82) is 0 Å². The number of methoxy groups -OCH3 is 2. The second kappa shape index (κ2) is 9.67. The summed E-state index contributed by atoms with van der Waals surface area (Å²) >= 11 is 5.94. The molecule has 0 saturated carbocycles. The summed E-state index contributed by atoms with van der Waals surface area (Å²) in [4.78, 5) is 26.1. The van der Waals surface area contributed by atoms with E-state index in [4.69, 9.17) is 21.1 Å². The van der Waals surface area contributed by atoms with E-state index >= 15 is 0 Å². The van der Waals surface area contributed by atoms with Gasteiger partial charge < -0.3 is 19.6 Å². The molecule has 1 heterocycles. The number of amides is 1. The molecular weight excluding hydrogens is 428 g/mol. The maximum Gasteiger partial charge on any atom is 0.490 e. The minimum absolute atomic E-state index is 0.192. The van der Waals surface area contributed by atoms with Crippen LogP contribution in [0.3, 0.4) is 0 Å². The zero-order valence-corrected chi connectivity index (χ0v) is 17.2. The van der Waals surface area contributed by atoms with Gasteiger partial charge in [-0.2, -0.15) is 9.78 Å². The number of nitrogens with one attached hydrogen (secondary N) is 1. The van der Waals surface area contributed by atoms with Crippen molar-refractivity contribution in [3.05, 3.63) is 74.6 Å². The summed E-state index contributed by atoms with van der Waals surface area (Å²) in [6.45, 7) is 0.192. The number of ether oxygens (including phenoxy) is 2. The molecule has 1 N–H and O–H groups in total. The molecule has 31 heavy (non-hydrogen) atoms. The molecule has 0 bridgehead atoms. The van der Waals surface area contributed by atoms with Gasteiger partial charge in [0.2, 0.25) is 6.33 Å². The molecule has 1 aromatic heterocycles. The van der Waals surface area contributed by atoms with Crippen LogP contribution in [-0.4, -0.2) is 46.0 Å². The molecule has 11 nitrogen and oxygen atoms in total. The molecule has 3 rings (SSSR count). The smallest absolute Gasteiger partial charge is 0.490 e. The highest BCUT2D eigenvalue weighted by Crippen LogP contribution is 2.23. The van der Waals surface area contributed by atoms with Crippen molar-refractivity contribution in [2.75, 3.05) is 14.2 Å². The van der Waals surface area contributed by atoms with Crippen molar-refractivity contribution < 1.29 is 19.2 Å². The number of nitro groups is 1. The average molecular weight is 445 g/mol. The summed E-state index contributed by atoms with van der Waals surface area (Å²) in [6.07, 6.45) is 2.71. The Labute approximate surface area is 181 Å². The molecule has 0 aliphatic rings. The van der Waals surface area contributed by atoms with Gasteiger partial charge in [-0.3, -0.25) is 4.79 Å². The van der Waals surface area contributed by atoms with Gasteiger partial charge in [-0.1, -0.05) is 16.6 Å². The molecule has 1 amide bonds. The number of carbonyl (C=O) groups is 1. The third kappa shape index (κ3) is 5.34. The van der Waals surface area contributed by atoms with Gasteiger partial charge >= 0.3 is 5.95 Å². The molecule has 0 unspecified atom stereocenters. The van der Waals surface area contributed by atoms with Crippen LogP contribution in [0.15, 0.2) is 47.8 Å². The summed E-state index contributed by atoms with van der Waals surface area (Å²) in [7, 11) is 2.96. The fourth-order valence-electron chi connectivity index (χ4n) is 2.70. The van der Waals surface area contributed by atoms with E-state index in [1.54, 1.807) is 30.3 Å². The Morgan fingerprint density at radius 1 is 1.26 bits per heavy atom. The summed E-state index contributed by atoms with van der Waals surface area (Å²) in [5, 5.41) is 18.9. The molecule has 3 aromatic rings. The van der Waals surface area contributed by atoms with E-state index in [9.17, 15) is 14.9 Å². The van der Waals surface area contributed by atoms with Gasteiger partial charge in [-0.15, -0.1) is 0 Å². The van der Waals surface area contributed by atoms with Crippen molar-refractivity contribution in [2.45, 2.75) is 6.54 Å². The first-order valence-electron chi connectivity index (χ1n) is 8.79. The molecule has 0 aliphatic carbocycles. The second-order valence-electron chi connectivity index (χ2n) is 6.11. The third-order valence-corrected chi connectivity index (χ3v) is 4.35. The molecular formula is C19H17ClN6O5. The third-order valence-electron chi connectivity index (χ3n) is 4.11. The maximum absolute atomic E-state index is 12.4. The minimum Gasteiger partial charge on any atom is -0.496 e. The lowest BCUT2D eigenvalue weighted by Gasteiger charge is -2.08. The van der Waals surface area contributed by atoms with Crippen LogP contribution in [0.4, 0.5) is 5.95 Å². The predicted octanol–water partition coefficient (Wildman–Crippen LogP) is 2.67. The first-order valence-corrected chi connectivity index (χ1v) is 9.16. The second-order valence-corrected chi connectivity index (χ2v) is 6.55. The number of hydrogen-bond acceptors (Lipinski definition) is 8. The van der Waals surface area contributed by atoms with Crippen molar-refractivity contribution in [3.63, 3.8) is 0 Å². The van der Waals surface area contributed by atoms with Gasteiger partial charge in [0.1, 0.15) is 11.5 Å². The molecule has 2 aromatic carbocycles. The van der Waals surface area contributed by atoms with Crippen LogP contribution in [-0.2, 0) is 6.54 Å². The first kappa shape index (κ1) is 21.7. The number of rotatable bonds is 8. The SMILES string of the molecule is COc1ccc(/C=N\NC(=O)c2cc(Cl)ccc2OC)cc1Cn1cnc([N+](=O)[O-])n1. The Balaban J connectivity index is 1.75. The van der Waals surface area contributed by atoms with Gasteiger partial charge in [0, 0.05) is 15.7 Å². The van der Waals surface area contributed by atoms with Crippen LogP contribution in [0.5, 0.6) is 11.5 Å². The number of nitrogens with zero attached hydrogens (tertiary/aromatic N) is 5.